The van der Waals surface area contributed by atoms with E-state index in [1.165, 1.54) is 0 Å². The van der Waals surface area contributed by atoms with Gasteiger partial charge in [-0.25, -0.2) is 9.79 Å². The summed E-state index contributed by atoms with van der Waals surface area (Å²) in [6.07, 6.45) is 1.26. The summed E-state index contributed by atoms with van der Waals surface area (Å²) in [5, 5.41) is 13.8. The fourth-order valence-corrected chi connectivity index (χ4v) is 0.842. The summed E-state index contributed by atoms with van der Waals surface area (Å²) >= 11 is 4.90. The Morgan fingerprint density at radius 1 is 1.47 bits per heavy atom. The van der Waals surface area contributed by atoms with Crippen LogP contribution in [0.5, 0.6) is 0 Å². The molecule has 0 radical (unpaired) electrons. The monoisotopic (exact) mass is 232 g/mol. The molecule has 0 aromatic carbocycles. The van der Waals surface area contributed by atoms with Crippen LogP contribution in [0.1, 0.15) is 6.42 Å². The van der Waals surface area contributed by atoms with E-state index in [1.807, 2.05) is 14.1 Å². The number of rotatable bonds is 5. The molecule has 0 fully saturated rings. The van der Waals surface area contributed by atoms with Gasteiger partial charge < -0.3 is 20.6 Å². The number of aliphatic imine (C=N–C) groups is 1. The normalized spacial score (nSPS) is 10.0. The molecular weight excluding hydrogens is 216 g/mol. The molecule has 6 nitrogen and oxygen atoms in total. The van der Waals surface area contributed by atoms with Crippen LogP contribution in [-0.2, 0) is 0 Å². The van der Waals surface area contributed by atoms with E-state index in [9.17, 15) is 4.79 Å². The topological polar surface area (TPSA) is 77.0 Å². The van der Waals surface area contributed by atoms with Crippen LogP contribution in [-0.4, -0.2) is 54.7 Å². The molecule has 0 saturated carbocycles. The second kappa shape index (κ2) is 7.98. The minimum absolute atomic E-state index is 0.402. The Balaban J connectivity index is 3.43. The lowest BCUT2D eigenvalue weighted by Crippen LogP contribution is -2.27. The Labute approximate surface area is 94.4 Å². The molecule has 15 heavy (non-hydrogen) atoms. The van der Waals surface area contributed by atoms with Gasteiger partial charge in [0.15, 0.2) is 5.11 Å². The van der Waals surface area contributed by atoms with Crippen molar-refractivity contribution in [3.63, 3.8) is 0 Å². The molecule has 0 spiro atoms. The molecule has 3 N–H and O–H groups in total. The lowest BCUT2D eigenvalue weighted by molar-refractivity contribution is 0.194. The number of hydrogen-bond acceptors (Lipinski definition) is 2. The van der Waals surface area contributed by atoms with Crippen molar-refractivity contribution in [2.24, 2.45) is 4.99 Å². The number of amides is 1. The molecule has 0 saturated heterocycles. The first-order valence-electron chi connectivity index (χ1n) is 4.47. The summed E-state index contributed by atoms with van der Waals surface area (Å²) in [7, 11) is 3.70. The third-order valence-electron chi connectivity index (χ3n) is 1.31. The fraction of sp³-hybridized carbons (Fsp3) is 0.625. The van der Waals surface area contributed by atoms with Gasteiger partial charge in [0, 0.05) is 27.2 Å². The number of hydrogen-bond donors (Lipinski definition) is 3. The van der Waals surface area contributed by atoms with E-state index in [-0.39, 0.29) is 0 Å². The Bertz CT molecular complexity index is 243. The number of nitrogens with one attached hydrogen (secondary N) is 2. The molecule has 0 bridgehead atoms. The highest BCUT2D eigenvalue weighted by molar-refractivity contribution is 7.80. The van der Waals surface area contributed by atoms with Gasteiger partial charge in [0.05, 0.1) is 6.34 Å². The van der Waals surface area contributed by atoms with E-state index in [0.29, 0.717) is 24.6 Å². The molecule has 86 valence electrons. The number of carboxylic acid groups (broad SMARTS) is 1. The van der Waals surface area contributed by atoms with Crippen molar-refractivity contribution in [3.05, 3.63) is 0 Å². The van der Waals surface area contributed by atoms with Crippen molar-refractivity contribution in [1.82, 2.24) is 15.5 Å². The van der Waals surface area contributed by atoms with Crippen LogP contribution < -0.4 is 10.6 Å². The summed E-state index contributed by atoms with van der Waals surface area (Å²) in [4.78, 5) is 15.8. The Hall–Kier alpha value is -1.37. The standard InChI is InChI=1S/C8H16N4O2S/c1-12(2)6-11-7(15)9-4-3-5-10-8(13)14/h6,10H,3-5H2,1-2H3,(H,9,15)(H,13,14)/b11-6+. The first kappa shape index (κ1) is 13.6. The molecule has 0 aliphatic rings. The average molecular weight is 232 g/mol. The maximum Gasteiger partial charge on any atom is 0.404 e. The zero-order valence-electron chi connectivity index (χ0n) is 8.86. The number of carbonyl (C=O) groups is 1. The third-order valence-corrected chi connectivity index (χ3v) is 1.56. The molecule has 1 amide bonds. The second-order valence-electron chi connectivity index (χ2n) is 3.03. The summed E-state index contributed by atoms with van der Waals surface area (Å²) in [6.45, 7) is 1.01. The molecule has 0 aromatic heterocycles. The van der Waals surface area contributed by atoms with E-state index in [1.54, 1.807) is 11.2 Å². The molecule has 0 rings (SSSR count). The van der Waals surface area contributed by atoms with Crippen LogP contribution in [0.4, 0.5) is 4.79 Å². The van der Waals surface area contributed by atoms with Crippen LogP contribution in [0, 0.1) is 0 Å². The predicted molar refractivity (Wildman–Crippen MR) is 63.4 cm³/mol. The number of nitrogens with zero attached hydrogens (tertiary/aromatic N) is 2. The third kappa shape index (κ3) is 10.6. The lowest BCUT2D eigenvalue weighted by Gasteiger charge is -2.05. The van der Waals surface area contributed by atoms with Crippen molar-refractivity contribution in [2.45, 2.75) is 6.42 Å². The van der Waals surface area contributed by atoms with E-state index in [4.69, 9.17) is 17.3 Å². The molecule has 0 aromatic rings. The van der Waals surface area contributed by atoms with Gasteiger partial charge in [-0.2, -0.15) is 0 Å². The largest absolute Gasteiger partial charge is 0.465 e. The first-order valence-corrected chi connectivity index (χ1v) is 4.88. The van der Waals surface area contributed by atoms with Crippen molar-refractivity contribution in [3.8, 4) is 0 Å². The SMILES string of the molecule is CN(C)/C=N/C(=S)NCCCNC(=O)O. The fourth-order valence-electron chi connectivity index (χ4n) is 0.693. The van der Waals surface area contributed by atoms with Crippen LogP contribution >= 0.6 is 12.2 Å². The van der Waals surface area contributed by atoms with Crippen LogP contribution in [0.2, 0.25) is 0 Å². The highest BCUT2D eigenvalue weighted by Gasteiger charge is 1.94. The number of thiocarbonyl (C=S) groups is 1. The zero-order chi connectivity index (χ0) is 11.7. The Morgan fingerprint density at radius 3 is 2.60 bits per heavy atom. The molecule has 0 atom stereocenters. The minimum atomic E-state index is -1.01. The minimum Gasteiger partial charge on any atom is -0.465 e. The highest BCUT2D eigenvalue weighted by Crippen LogP contribution is 1.79. The lowest BCUT2D eigenvalue weighted by atomic mass is 10.4. The van der Waals surface area contributed by atoms with Crippen molar-refractivity contribution >= 4 is 29.8 Å². The molecule has 0 aliphatic heterocycles. The van der Waals surface area contributed by atoms with Gasteiger partial charge >= 0.3 is 6.09 Å². The quantitative estimate of drug-likeness (QED) is 0.271. The average Bonchev–Trinajstić information content (AvgIpc) is 2.13. The Kier molecular flexibility index (Phi) is 7.25. The van der Waals surface area contributed by atoms with Crippen LogP contribution in [0.15, 0.2) is 4.99 Å². The van der Waals surface area contributed by atoms with Crippen molar-refractivity contribution in [1.29, 1.82) is 0 Å². The smallest absolute Gasteiger partial charge is 0.404 e. The summed E-state index contributed by atoms with van der Waals surface area (Å²) < 4.78 is 0. The first-order chi connectivity index (χ1) is 7.02. The molecule has 7 heteroatoms. The molecular formula is C8H16N4O2S. The summed E-state index contributed by atoms with van der Waals surface area (Å²) in [6, 6.07) is 0. The van der Waals surface area contributed by atoms with Gasteiger partial charge in [0.25, 0.3) is 0 Å². The molecule has 0 aliphatic carbocycles. The van der Waals surface area contributed by atoms with E-state index >= 15 is 0 Å². The van der Waals surface area contributed by atoms with Gasteiger partial charge in [-0.15, -0.1) is 0 Å². The van der Waals surface area contributed by atoms with Crippen LogP contribution in [0.3, 0.4) is 0 Å². The van der Waals surface area contributed by atoms with Crippen LogP contribution in [0.25, 0.3) is 0 Å². The van der Waals surface area contributed by atoms with Gasteiger partial charge in [-0.05, 0) is 18.6 Å². The molecule has 0 heterocycles. The van der Waals surface area contributed by atoms with Crippen molar-refractivity contribution in [2.75, 3.05) is 27.2 Å². The van der Waals surface area contributed by atoms with Gasteiger partial charge in [-0.3, -0.25) is 0 Å². The van der Waals surface area contributed by atoms with E-state index < -0.39 is 6.09 Å². The van der Waals surface area contributed by atoms with Gasteiger partial charge in [0.2, 0.25) is 0 Å². The predicted octanol–water partition coefficient (Wildman–Crippen LogP) is 0.109. The van der Waals surface area contributed by atoms with Gasteiger partial charge in [0.1, 0.15) is 0 Å². The highest BCUT2D eigenvalue weighted by atomic mass is 32.1. The van der Waals surface area contributed by atoms with Crippen molar-refractivity contribution < 1.29 is 9.90 Å². The second-order valence-corrected chi connectivity index (χ2v) is 3.41. The van der Waals surface area contributed by atoms with E-state index in [2.05, 4.69) is 15.6 Å². The zero-order valence-corrected chi connectivity index (χ0v) is 9.67. The summed E-state index contributed by atoms with van der Waals surface area (Å²) in [5.74, 6) is 0. The van der Waals surface area contributed by atoms with E-state index in [0.717, 1.165) is 0 Å². The van der Waals surface area contributed by atoms with Gasteiger partial charge in [-0.1, -0.05) is 0 Å². The molecule has 0 unspecified atom stereocenters. The maximum absolute atomic E-state index is 10.1. The Morgan fingerprint density at radius 2 is 2.07 bits per heavy atom. The summed E-state index contributed by atoms with van der Waals surface area (Å²) in [5.41, 5.74) is 0. The maximum atomic E-state index is 10.1.